The molecule has 0 saturated carbocycles. The van der Waals surface area contributed by atoms with Gasteiger partial charge in [0.25, 0.3) is 0 Å². The van der Waals surface area contributed by atoms with Gasteiger partial charge < -0.3 is 15.1 Å². The van der Waals surface area contributed by atoms with E-state index >= 15 is 0 Å². The summed E-state index contributed by atoms with van der Waals surface area (Å²) in [6.45, 7) is 3.09. The lowest BCUT2D eigenvalue weighted by Crippen LogP contribution is -2.36. The van der Waals surface area contributed by atoms with Gasteiger partial charge in [0, 0.05) is 30.8 Å². The summed E-state index contributed by atoms with van der Waals surface area (Å²) < 4.78 is 5.18. The van der Waals surface area contributed by atoms with Crippen molar-refractivity contribution < 1.29 is 4.42 Å². The predicted molar refractivity (Wildman–Crippen MR) is 126 cm³/mol. The summed E-state index contributed by atoms with van der Waals surface area (Å²) in [4.78, 5) is 8.52. The highest BCUT2D eigenvalue weighted by atomic mass is 35.5. The zero-order chi connectivity index (χ0) is 19.3. The van der Waals surface area contributed by atoms with Crippen LogP contribution in [0, 0.1) is 18.4 Å². The van der Waals surface area contributed by atoms with Crippen molar-refractivity contribution in [2.75, 3.05) is 31.2 Å². The molecule has 0 fully saturated rings. The Balaban J connectivity index is 0.00000392. The number of rotatable bonds is 9. The van der Waals surface area contributed by atoms with Crippen LogP contribution in [-0.2, 0) is 5.75 Å². The van der Waals surface area contributed by atoms with Crippen LogP contribution in [0.4, 0.5) is 5.69 Å². The first-order valence-electron chi connectivity index (χ1n) is 8.57. The first kappa shape index (κ1) is 26.7. The number of thioether (sulfide) groups is 1. The van der Waals surface area contributed by atoms with Crippen molar-refractivity contribution in [2.45, 2.75) is 12.7 Å². The van der Waals surface area contributed by atoms with Crippen LogP contribution in [-0.4, -0.2) is 36.8 Å². The van der Waals surface area contributed by atoms with Crippen molar-refractivity contribution in [1.29, 1.82) is 5.26 Å². The lowest BCUT2D eigenvalue weighted by molar-refractivity contribution is 0.525. The van der Waals surface area contributed by atoms with Crippen LogP contribution in [0.2, 0.25) is 0 Å². The molecule has 0 aliphatic heterocycles. The van der Waals surface area contributed by atoms with E-state index in [1.54, 1.807) is 11.8 Å². The molecule has 7 nitrogen and oxygen atoms in total. The van der Waals surface area contributed by atoms with Crippen molar-refractivity contribution in [3.8, 4) is 6.19 Å². The van der Waals surface area contributed by atoms with Crippen LogP contribution in [0.25, 0.3) is 6.08 Å². The Hall–Kier alpha value is -2.34. The number of benzene rings is 1. The number of guanidine groups is 1. The van der Waals surface area contributed by atoms with Crippen LogP contribution in [0.1, 0.15) is 17.0 Å². The molecular weight excluding hydrogens is 431 g/mol. The van der Waals surface area contributed by atoms with Gasteiger partial charge in [0.1, 0.15) is 5.76 Å². The van der Waals surface area contributed by atoms with Gasteiger partial charge in [-0.1, -0.05) is 24.3 Å². The zero-order valence-corrected chi connectivity index (χ0v) is 18.8. The first-order chi connectivity index (χ1) is 13.2. The predicted octanol–water partition coefficient (Wildman–Crippen LogP) is 3.83. The van der Waals surface area contributed by atoms with Gasteiger partial charge in [-0.2, -0.15) is 17.0 Å². The van der Waals surface area contributed by atoms with Gasteiger partial charge in [0.2, 0.25) is 5.96 Å². The van der Waals surface area contributed by atoms with E-state index in [1.165, 1.54) is 6.39 Å². The van der Waals surface area contributed by atoms with E-state index in [4.69, 9.17) is 9.68 Å². The maximum Gasteiger partial charge on any atom is 0.205 e. The Labute approximate surface area is 188 Å². The van der Waals surface area contributed by atoms with Crippen LogP contribution in [0.3, 0.4) is 0 Å². The molecule has 29 heavy (non-hydrogen) atoms. The van der Waals surface area contributed by atoms with Crippen molar-refractivity contribution >= 4 is 54.3 Å². The molecule has 0 atom stereocenters. The number of nitrogens with zero attached hydrogens (tertiary/aromatic N) is 3. The monoisotopic (exact) mass is 456 g/mol. The van der Waals surface area contributed by atoms with Gasteiger partial charge in [-0.3, -0.25) is 5.32 Å². The average molecular weight is 457 g/mol. The summed E-state index contributed by atoms with van der Waals surface area (Å²) in [7, 11) is 1.89. The fourth-order valence-corrected chi connectivity index (χ4v) is 3.03. The number of aryl methyl sites for hydroxylation is 1. The lowest BCUT2D eigenvalue weighted by atomic mass is 10.2. The number of oxazole rings is 1. The SMILES string of the molecule is CNc1ccc(C=CCN=C(NC#N)NCCSCc2ncoc2C)cc1.Cl.Cl. The van der Waals surface area contributed by atoms with Crippen molar-refractivity contribution in [3.05, 3.63) is 53.8 Å². The van der Waals surface area contributed by atoms with Gasteiger partial charge in [-0.15, -0.1) is 24.8 Å². The number of hydrogen-bond donors (Lipinski definition) is 3. The van der Waals surface area contributed by atoms with E-state index in [0.29, 0.717) is 19.0 Å². The number of halogens is 2. The lowest BCUT2D eigenvalue weighted by Gasteiger charge is -2.07. The molecular formula is C19H26Cl2N6OS. The molecule has 10 heteroatoms. The summed E-state index contributed by atoms with van der Waals surface area (Å²) in [6.07, 6.45) is 7.33. The van der Waals surface area contributed by atoms with E-state index in [1.807, 2.05) is 56.6 Å². The average Bonchev–Trinajstić information content (AvgIpc) is 3.10. The molecule has 2 rings (SSSR count). The van der Waals surface area contributed by atoms with E-state index in [2.05, 4.69) is 25.9 Å². The van der Waals surface area contributed by atoms with Gasteiger partial charge in [0.05, 0.1) is 12.2 Å². The van der Waals surface area contributed by atoms with Crippen LogP contribution in [0.5, 0.6) is 0 Å². The highest BCUT2D eigenvalue weighted by Gasteiger charge is 2.03. The number of aliphatic imine (C=N–C) groups is 1. The summed E-state index contributed by atoms with van der Waals surface area (Å²) >= 11 is 1.74. The number of hydrogen-bond acceptors (Lipinski definition) is 6. The van der Waals surface area contributed by atoms with Crippen molar-refractivity contribution in [1.82, 2.24) is 15.6 Å². The maximum atomic E-state index is 8.85. The third-order valence-electron chi connectivity index (χ3n) is 3.66. The van der Waals surface area contributed by atoms with E-state index in [9.17, 15) is 0 Å². The molecule has 0 radical (unpaired) electrons. The Bertz CT molecular complexity index is 802. The van der Waals surface area contributed by atoms with Crippen molar-refractivity contribution in [3.63, 3.8) is 0 Å². The Morgan fingerprint density at radius 1 is 1.31 bits per heavy atom. The second kappa shape index (κ2) is 15.6. The normalized spacial score (nSPS) is 10.6. The Morgan fingerprint density at radius 2 is 2.07 bits per heavy atom. The molecule has 2 aromatic rings. The molecule has 0 aliphatic carbocycles. The Kier molecular flexibility index (Phi) is 14.3. The summed E-state index contributed by atoms with van der Waals surface area (Å²) in [5.74, 6) is 3.01. The van der Waals surface area contributed by atoms with E-state index in [-0.39, 0.29) is 24.8 Å². The maximum absolute atomic E-state index is 8.85. The summed E-state index contributed by atoms with van der Waals surface area (Å²) in [5.41, 5.74) is 3.15. The fraction of sp³-hybridized carbons (Fsp3) is 0.316. The number of nitrogens with one attached hydrogen (secondary N) is 3. The molecule has 0 saturated heterocycles. The molecule has 158 valence electrons. The first-order valence-corrected chi connectivity index (χ1v) is 9.73. The highest BCUT2D eigenvalue weighted by Crippen LogP contribution is 2.13. The second-order valence-electron chi connectivity index (χ2n) is 5.54. The quantitative estimate of drug-likeness (QED) is 0.173. The van der Waals surface area contributed by atoms with E-state index in [0.717, 1.165) is 34.2 Å². The molecule has 1 heterocycles. The summed E-state index contributed by atoms with van der Waals surface area (Å²) in [6, 6.07) is 8.11. The molecule has 0 unspecified atom stereocenters. The fourth-order valence-electron chi connectivity index (χ4n) is 2.16. The van der Waals surface area contributed by atoms with Gasteiger partial charge >= 0.3 is 0 Å². The number of anilines is 1. The van der Waals surface area contributed by atoms with Gasteiger partial charge in [0.15, 0.2) is 12.6 Å². The molecule has 3 N–H and O–H groups in total. The van der Waals surface area contributed by atoms with Crippen LogP contribution < -0.4 is 16.0 Å². The number of aromatic nitrogens is 1. The van der Waals surface area contributed by atoms with Crippen LogP contribution >= 0.6 is 36.6 Å². The molecule has 0 bridgehead atoms. The third kappa shape index (κ3) is 10.1. The zero-order valence-electron chi connectivity index (χ0n) is 16.3. The highest BCUT2D eigenvalue weighted by molar-refractivity contribution is 7.98. The smallest absolute Gasteiger partial charge is 0.205 e. The van der Waals surface area contributed by atoms with E-state index < -0.39 is 0 Å². The van der Waals surface area contributed by atoms with Gasteiger partial charge in [-0.25, -0.2) is 9.98 Å². The minimum Gasteiger partial charge on any atom is -0.448 e. The van der Waals surface area contributed by atoms with Gasteiger partial charge in [-0.05, 0) is 24.6 Å². The van der Waals surface area contributed by atoms with Crippen molar-refractivity contribution in [2.24, 2.45) is 4.99 Å². The molecule has 0 spiro atoms. The molecule has 0 amide bonds. The number of nitriles is 1. The third-order valence-corrected chi connectivity index (χ3v) is 4.63. The summed E-state index contributed by atoms with van der Waals surface area (Å²) in [5, 5.41) is 17.6. The molecule has 1 aromatic carbocycles. The second-order valence-corrected chi connectivity index (χ2v) is 6.64. The molecule has 0 aliphatic rings. The minimum atomic E-state index is 0. The largest absolute Gasteiger partial charge is 0.448 e. The Morgan fingerprint density at radius 3 is 2.69 bits per heavy atom. The standard InChI is InChI=1S/C19H24N6OS.2ClH/c1-15-18(25-14-26-15)12-27-11-10-23-19(24-13-20)22-9-3-4-16-5-7-17(21-2)8-6-16;;/h3-8,14,21H,9-12H2,1-2H3,(H2,22,23,24);2*1H. The van der Waals surface area contributed by atoms with Crippen LogP contribution in [0.15, 0.2) is 46.1 Å². The topological polar surface area (TPSA) is 98.3 Å². The molecule has 1 aromatic heterocycles. The minimum absolute atomic E-state index is 0.